The quantitative estimate of drug-likeness (QED) is 0.380. The van der Waals surface area contributed by atoms with Crippen LogP contribution in [0.25, 0.3) is 5.65 Å². The number of anilines is 1. The molecule has 0 atom stereocenters. The Bertz CT molecular complexity index is 1690. The number of carbonyl (C=O) groups excluding carboxylic acids is 1. The van der Waals surface area contributed by atoms with E-state index < -0.39 is 23.2 Å². The van der Waals surface area contributed by atoms with Gasteiger partial charge in [0.25, 0.3) is 11.5 Å². The predicted octanol–water partition coefficient (Wildman–Crippen LogP) is 3.14. The van der Waals surface area contributed by atoms with Crippen molar-refractivity contribution in [1.82, 2.24) is 29.4 Å². The van der Waals surface area contributed by atoms with E-state index in [2.05, 4.69) is 37.2 Å². The zero-order chi connectivity index (χ0) is 28.4. The Labute approximate surface area is 227 Å². The molecule has 0 saturated carbocycles. The fourth-order valence-corrected chi connectivity index (χ4v) is 4.45. The minimum Gasteiger partial charge on any atom is -0.324 e. The van der Waals surface area contributed by atoms with Crippen LogP contribution in [0.3, 0.4) is 0 Å². The van der Waals surface area contributed by atoms with Gasteiger partial charge in [-0.3, -0.25) is 18.9 Å². The number of aryl methyl sites for hydroxylation is 1. The highest BCUT2D eigenvalue weighted by Crippen LogP contribution is 2.34. The average Bonchev–Trinajstić information content (AvgIpc) is 3.34. The van der Waals surface area contributed by atoms with E-state index in [-0.39, 0.29) is 34.8 Å². The summed E-state index contributed by atoms with van der Waals surface area (Å²) in [5, 5.41) is 10.3. The second-order valence-corrected chi connectivity index (χ2v) is 9.69. The van der Waals surface area contributed by atoms with Crippen LogP contribution in [0.1, 0.15) is 38.4 Å². The summed E-state index contributed by atoms with van der Waals surface area (Å²) < 4.78 is 43.3. The van der Waals surface area contributed by atoms with Crippen molar-refractivity contribution in [3.8, 4) is 11.8 Å². The lowest BCUT2D eigenvalue weighted by molar-refractivity contribution is -0.138. The van der Waals surface area contributed by atoms with Gasteiger partial charge in [-0.05, 0) is 55.3 Å². The number of aromatic nitrogens is 4. The number of rotatable bonds is 4. The van der Waals surface area contributed by atoms with Crippen LogP contribution < -0.4 is 10.9 Å². The maximum absolute atomic E-state index is 13.9. The number of hydrogen-bond acceptors (Lipinski definition) is 6. The highest BCUT2D eigenvalue weighted by atomic mass is 19.4. The lowest BCUT2D eigenvalue weighted by atomic mass is 10.0. The molecule has 12 heteroatoms. The van der Waals surface area contributed by atoms with Crippen LogP contribution in [-0.2, 0) is 12.7 Å². The van der Waals surface area contributed by atoms with Crippen LogP contribution >= 0.6 is 0 Å². The van der Waals surface area contributed by atoms with E-state index in [0.717, 1.165) is 24.7 Å². The maximum atomic E-state index is 13.9. The molecule has 0 unspecified atom stereocenters. The minimum atomic E-state index is -4.56. The molecular formula is C28H26F3N7O2. The Balaban J connectivity index is 1.36. The molecule has 0 spiro atoms. The van der Waals surface area contributed by atoms with Crippen molar-refractivity contribution < 1.29 is 18.0 Å². The summed E-state index contributed by atoms with van der Waals surface area (Å²) in [7, 11) is 1.99. The van der Waals surface area contributed by atoms with Crippen LogP contribution in [0, 0.1) is 18.8 Å². The number of amides is 1. The molecule has 1 amide bonds. The van der Waals surface area contributed by atoms with Crippen molar-refractivity contribution in [3.05, 3.63) is 92.8 Å². The first kappa shape index (κ1) is 27.1. The van der Waals surface area contributed by atoms with E-state index in [4.69, 9.17) is 0 Å². The SMILES string of the molecule is Cc1ccc(C(=O)Nc2ccc(CN3CCN(C)CC3)c(C(F)(F)F)c2)cc1C#Cc1nnc2c(=O)[nH]ccn12. The molecule has 1 saturated heterocycles. The number of hydrogen-bond donors (Lipinski definition) is 2. The number of aromatic amines is 1. The number of likely N-dealkylation sites (N-methyl/N-ethyl adjacent to an activating group) is 1. The number of carbonyl (C=O) groups is 1. The molecule has 0 aliphatic carbocycles. The molecule has 1 aliphatic heterocycles. The summed E-state index contributed by atoms with van der Waals surface area (Å²) in [5.74, 6) is 5.47. The number of fused-ring (bicyclic) bond motifs is 1. The minimum absolute atomic E-state index is 0.0489. The Kier molecular flexibility index (Phi) is 7.42. The monoisotopic (exact) mass is 549 g/mol. The molecule has 0 radical (unpaired) electrons. The number of H-pyrrole nitrogens is 1. The van der Waals surface area contributed by atoms with Gasteiger partial charge in [-0.1, -0.05) is 18.1 Å². The van der Waals surface area contributed by atoms with Crippen molar-refractivity contribution in [2.24, 2.45) is 0 Å². The molecule has 2 aromatic heterocycles. The lowest BCUT2D eigenvalue weighted by Gasteiger charge is -2.33. The van der Waals surface area contributed by atoms with Crippen molar-refractivity contribution in [1.29, 1.82) is 0 Å². The molecule has 40 heavy (non-hydrogen) atoms. The van der Waals surface area contributed by atoms with Gasteiger partial charge in [-0.15, -0.1) is 10.2 Å². The zero-order valence-corrected chi connectivity index (χ0v) is 21.8. The lowest BCUT2D eigenvalue weighted by Crippen LogP contribution is -2.44. The van der Waals surface area contributed by atoms with Gasteiger partial charge in [0.15, 0.2) is 0 Å². The molecule has 5 rings (SSSR count). The number of halogens is 3. The molecule has 206 valence electrons. The van der Waals surface area contributed by atoms with Gasteiger partial charge in [-0.25, -0.2) is 0 Å². The van der Waals surface area contributed by atoms with E-state index in [1.54, 1.807) is 24.4 Å². The molecule has 0 bridgehead atoms. The Morgan fingerprint density at radius 2 is 1.85 bits per heavy atom. The first-order chi connectivity index (χ1) is 19.1. The highest BCUT2D eigenvalue weighted by Gasteiger charge is 2.34. The molecular weight excluding hydrogens is 523 g/mol. The van der Waals surface area contributed by atoms with Gasteiger partial charge in [0.1, 0.15) is 0 Å². The topological polar surface area (TPSA) is 98.6 Å². The summed E-state index contributed by atoms with van der Waals surface area (Å²) in [6, 6.07) is 8.73. The normalized spacial score (nSPS) is 14.6. The number of benzene rings is 2. The van der Waals surface area contributed by atoms with Gasteiger partial charge in [-0.2, -0.15) is 13.2 Å². The van der Waals surface area contributed by atoms with Gasteiger partial charge in [0.2, 0.25) is 11.5 Å². The molecule has 3 heterocycles. The maximum Gasteiger partial charge on any atom is 0.416 e. The third kappa shape index (κ3) is 5.90. The molecule has 2 N–H and O–H groups in total. The van der Waals surface area contributed by atoms with Gasteiger partial charge in [0, 0.05) is 61.9 Å². The largest absolute Gasteiger partial charge is 0.416 e. The second kappa shape index (κ2) is 11.0. The van der Waals surface area contributed by atoms with E-state index in [1.165, 1.54) is 22.7 Å². The fourth-order valence-electron chi connectivity index (χ4n) is 4.45. The standard InChI is InChI=1S/C28H26F3N7O2/c1-18-3-4-20(15-19(18)6-8-24-34-35-25-27(40)32-9-10-38(24)25)26(39)33-22-7-5-21(23(16-22)28(29,30)31)17-37-13-11-36(2)12-14-37/h3-5,7,9-10,15-16H,11-14,17H2,1-2H3,(H,32,40)(H,33,39). The van der Waals surface area contributed by atoms with Crippen LogP contribution in [0.15, 0.2) is 53.6 Å². The molecule has 4 aromatic rings. The first-order valence-corrected chi connectivity index (χ1v) is 12.6. The predicted molar refractivity (Wildman–Crippen MR) is 143 cm³/mol. The number of alkyl halides is 3. The molecule has 9 nitrogen and oxygen atoms in total. The summed E-state index contributed by atoms with van der Waals surface area (Å²) in [6.45, 7) is 4.98. The number of piperazine rings is 1. The van der Waals surface area contributed by atoms with Gasteiger partial charge in [0.05, 0.1) is 5.56 Å². The Hall–Kier alpha value is -4.47. The van der Waals surface area contributed by atoms with Crippen molar-refractivity contribution in [3.63, 3.8) is 0 Å². The smallest absolute Gasteiger partial charge is 0.324 e. The second-order valence-electron chi connectivity index (χ2n) is 9.69. The first-order valence-electron chi connectivity index (χ1n) is 12.6. The molecule has 1 aliphatic rings. The number of nitrogens with zero attached hydrogens (tertiary/aromatic N) is 5. The third-order valence-corrected chi connectivity index (χ3v) is 6.81. The highest BCUT2D eigenvalue weighted by molar-refractivity contribution is 6.04. The third-order valence-electron chi connectivity index (χ3n) is 6.81. The van der Waals surface area contributed by atoms with E-state index in [1.807, 2.05) is 18.9 Å². The van der Waals surface area contributed by atoms with Crippen molar-refractivity contribution in [2.45, 2.75) is 19.6 Å². The van der Waals surface area contributed by atoms with Crippen molar-refractivity contribution in [2.75, 3.05) is 38.5 Å². The number of nitrogens with one attached hydrogen (secondary N) is 2. The van der Waals surface area contributed by atoms with Gasteiger partial charge < -0.3 is 15.2 Å². The zero-order valence-electron chi connectivity index (χ0n) is 21.8. The summed E-state index contributed by atoms with van der Waals surface area (Å²) in [4.78, 5) is 31.5. The van der Waals surface area contributed by atoms with E-state index in [0.29, 0.717) is 18.7 Å². The Morgan fingerprint density at radius 1 is 1.07 bits per heavy atom. The molecule has 1 fully saturated rings. The van der Waals surface area contributed by atoms with E-state index in [9.17, 15) is 22.8 Å². The fraction of sp³-hybridized carbons (Fsp3) is 0.286. The summed E-state index contributed by atoms with van der Waals surface area (Å²) in [5.41, 5.74) is 0.685. The van der Waals surface area contributed by atoms with Crippen LogP contribution in [0.4, 0.5) is 18.9 Å². The van der Waals surface area contributed by atoms with Gasteiger partial charge >= 0.3 is 6.18 Å². The van der Waals surface area contributed by atoms with Crippen LogP contribution in [0.2, 0.25) is 0 Å². The Morgan fingerprint density at radius 3 is 2.60 bits per heavy atom. The van der Waals surface area contributed by atoms with Crippen LogP contribution in [0.5, 0.6) is 0 Å². The molecule has 2 aromatic carbocycles. The summed E-state index contributed by atoms with van der Waals surface area (Å²) >= 11 is 0. The average molecular weight is 550 g/mol. The van der Waals surface area contributed by atoms with Crippen molar-refractivity contribution >= 4 is 17.2 Å². The van der Waals surface area contributed by atoms with Crippen LogP contribution in [-0.4, -0.2) is 68.5 Å². The van der Waals surface area contributed by atoms with E-state index >= 15 is 0 Å². The summed E-state index contributed by atoms with van der Waals surface area (Å²) in [6.07, 6.45) is -1.54.